The lowest BCUT2D eigenvalue weighted by atomic mass is 9.96. The van der Waals surface area contributed by atoms with Gasteiger partial charge in [0, 0.05) is 23.0 Å². The first kappa shape index (κ1) is 16.8. The summed E-state index contributed by atoms with van der Waals surface area (Å²) < 4.78 is 0. The fourth-order valence-electron chi connectivity index (χ4n) is 2.68. The van der Waals surface area contributed by atoms with E-state index < -0.39 is 6.10 Å². The number of aliphatic hydroxyl groups is 1. The molecule has 0 bridgehead atoms. The Morgan fingerprint density at radius 3 is 2.77 bits per heavy atom. The fraction of sp³-hybridized carbons (Fsp3) is 0.471. The van der Waals surface area contributed by atoms with Gasteiger partial charge in [0.15, 0.2) is 0 Å². The van der Waals surface area contributed by atoms with Gasteiger partial charge in [-0.25, -0.2) is 0 Å². The predicted molar refractivity (Wildman–Crippen MR) is 87.4 cm³/mol. The van der Waals surface area contributed by atoms with E-state index in [1.165, 1.54) is 0 Å². The quantitative estimate of drug-likeness (QED) is 0.814. The molecule has 1 aliphatic rings. The molecule has 1 aromatic carbocycles. The SMILES string of the molecule is C#CCN1CCC(C(=O)NCC(O)c2ccccc2Cl)CC1. The zero-order valence-electron chi connectivity index (χ0n) is 12.5. The Morgan fingerprint density at radius 1 is 1.45 bits per heavy atom. The maximum Gasteiger partial charge on any atom is 0.223 e. The Bertz CT molecular complexity index is 548. The second-order valence-electron chi connectivity index (χ2n) is 5.54. The first-order valence-corrected chi connectivity index (χ1v) is 7.85. The predicted octanol–water partition coefficient (Wildman–Crippen LogP) is 1.83. The summed E-state index contributed by atoms with van der Waals surface area (Å²) in [6, 6.07) is 7.11. The molecular weight excluding hydrogens is 300 g/mol. The Kier molecular flexibility index (Phi) is 6.26. The van der Waals surface area contributed by atoms with Crippen LogP contribution >= 0.6 is 11.6 Å². The number of nitrogens with zero attached hydrogens (tertiary/aromatic N) is 1. The number of amides is 1. The lowest BCUT2D eigenvalue weighted by Gasteiger charge is -2.30. The van der Waals surface area contributed by atoms with E-state index in [2.05, 4.69) is 16.1 Å². The summed E-state index contributed by atoms with van der Waals surface area (Å²) in [6.07, 6.45) is 6.10. The highest BCUT2D eigenvalue weighted by Crippen LogP contribution is 2.22. The summed E-state index contributed by atoms with van der Waals surface area (Å²) in [4.78, 5) is 14.3. The Labute approximate surface area is 136 Å². The van der Waals surface area contributed by atoms with Gasteiger partial charge >= 0.3 is 0 Å². The molecule has 1 heterocycles. The van der Waals surface area contributed by atoms with Crippen LogP contribution in [0.15, 0.2) is 24.3 Å². The molecular formula is C17H21ClN2O2. The van der Waals surface area contributed by atoms with Crippen molar-refractivity contribution in [3.8, 4) is 12.3 Å². The zero-order chi connectivity index (χ0) is 15.9. The first-order valence-electron chi connectivity index (χ1n) is 7.48. The van der Waals surface area contributed by atoms with Crippen LogP contribution in [0.2, 0.25) is 5.02 Å². The van der Waals surface area contributed by atoms with Gasteiger partial charge in [0.2, 0.25) is 5.91 Å². The van der Waals surface area contributed by atoms with Crippen molar-refractivity contribution in [1.82, 2.24) is 10.2 Å². The number of benzene rings is 1. The summed E-state index contributed by atoms with van der Waals surface area (Å²) in [5.41, 5.74) is 0.633. The summed E-state index contributed by atoms with van der Waals surface area (Å²) in [5.74, 6) is 2.61. The van der Waals surface area contributed by atoms with Crippen molar-refractivity contribution in [2.45, 2.75) is 18.9 Å². The van der Waals surface area contributed by atoms with Gasteiger partial charge < -0.3 is 10.4 Å². The van der Waals surface area contributed by atoms with Gasteiger partial charge in [-0.15, -0.1) is 6.42 Å². The van der Waals surface area contributed by atoms with Gasteiger partial charge in [-0.2, -0.15) is 0 Å². The van der Waals surface area contributed by atoms with Gasteiger partial charge in [0.1, 0.15) is 0 Å². The van der Waals surface area contributed by atoms with Crippen molar-refractivity contribution in [3.63, 3.8) is 0 Å². The molecule has 1 amide bonds. The third kappa shape index (κ3) is 4.48. The standard InChI is InChI=1S/C17H21ClN2O2/c1-2-9-20-10-7-13(8-11-20)17(22)19-12-16(21)14-5-3-4-6-15(14)18/h1,3-6,13,16,21H,7-12H2,(H,19,22). The van der Waals surface area contributed by atoms with Crippen molar-refractivity contribution in [1.29, 1.82) is 0 Å². The van der Waals surface area contributed by atoms with Gasteiger partial charge in [0.05, 0.1) is 12.6 Å². The number of piperidine rings is 1. The zero-order valence-corrected chi connectivity index (χ0v) is 13.2. The van der Waals surface area contributed by atoms with E-state index in [1.54, 1.807) is 18.2 Å². The number of likely N-dealkylation sites (tertiary alicyclic amines) is 1. The number of halogens is 1. The van der Waals surface area contributed by atoms with E-state index in [4.69, 9.17) is 18.0 Å². The van der Waals surface area contributed by atoms with Crippen LogP contribution in [0.3, 0.4) is 0 Å². The lowest BCUT2D eigenvalue weighted by Crippen LogP contribution is -2.41. The molecule has 1 aromatic rings. The van der Waals surface area contributed by atoms with Gasteiger partial charge in [-0.1, -0.05) is 35.7 Å². The minimum atomic E-state index is -0.792. The Morgan fingerprint density at radius 2 is 2.14 bits per heavy atom. The number of aliphatic hydroxyl groups excluding tert-OH is 1. The van der Waals surface area contributed by atoms with Gasteiger partial charge in [-0.05, 0) is 32.0 Å². The van der Waals surface area contributed by atoms with E-state index in [-0.39, 0.29) is 18.4 Å². The molecule has 1 atom stereocenters. The van der Waals surface area contributed by atoms with Crippen LogP contribution in [0.5, 0.6) is 0 Å². The summed E-state index contributed by atoms with van der Waals surface area (Å²) in [5, 5.41) is 13.5. The molecule has 4 nitrogen and oxygen atoms in total. The van der Waals surface area contributed by atoms with Crippen LogP contribution in [-0.2, 0) is 4.79 Å². The molecule has 118 valence electrons. The van der Waals surface area contributed by atoms with Crippen molar-refractivity contribution >= 4 is 17.5 Å². The molecule has 2 N–H and O–H groups in total. The van der Waals surface area contributed by atoms with Crippen LogP contribution < -0.4 is 5.32 Å². The molecule has 1 saturated heterocycles. The molecule has 0 radical (unpaired) electrons. The van der Waals surface area contributed by atoms with Gasteiger partial charge in [0.25, 0.3) is 0 Å². The Balaban J connectivity index is 1.79. The lowest BCUT2D eigenvalue weighted by molar-refractivity contribution is -0.126. The van der Waals surface area contributed by atoms with Crippen LogP contribution in [0.25, 0.3) is 0 Å². The molecule has 1 unspecified atom stereocenters. The molecule has 0 saturated carbocycles. The van der Waals surface area contributed by atoms with Crippen molar-refractivity contribution in [3.05, 3.63) is 34.9 Å². The third-order valence-corrected chi connectivity index (χ3v) is 4.35. The molecule has 22 heavy (non-hydrogen) atoms. The van der Waals surface area contributed by atoms with E-state index >= 15 is 0 Å². The molecule has 5 heteroatoms. The third-order valence-electron chi connectivity index (χ3n) is 4.01. The normalized spacial score (nSPS) is 17.7. The highest BCUT2D eigenvalue weighted by atomic mass is 35.5. The van der Waals surface area contributed by atoms with E-state index in [1.807, 2.05) is 6.07 Å². The van der Waals surface area contributed by atoms with Crippen LogP contribution in [0.4, 0.5) is 0 Å². The Hall–Kier alpha value is -1.54. The number of carbonyl (C=O) groups is 1. The van der Waals surface area contributed by atoms with Crippen LogP contribution in [0, 0.1) is 18.3 Å². The monoisotopic (exact) mass is 320 g/mol. The van der Waals surface area contributed by atoms with Crippen molar-refractivity contribution in [2.24, 2.45) is 5.92 Å². The molecule has 1 aliphatic heterocycles. The second-order valence-corrected chi connectivity index (χ2v) is 5.94. The second kappa shape index (κ2) is 8.19. The van der Waals surface area contributed by atoms with E-state index in [0.29, 0.717) is 17.1 Å². The first-order chi connectivity index (χ1) is 10.6. The number of nitrogens with one attached hydrogen (secondary N) is 1. The van der Waals surface area contributed by atoms with Crippen molar-refractivity contribution < 1.29 is 9.90 Å². The maximum absolute atomic E-state index is 12.2. The topological polar surface area (TPSA) is 52.6 Å². The fourth-order valence-corrected chi connectivity index (χ4v) is 2.94. The van der Waals surface area contributed by atoms with E-state index in [9.17, 15) is 9.90 Å². The van der Waals surface area contributed by atoms with E-state index in [0.717, 1.165) is 25.9 Å². The highest BCUT2D eigenvalue weighted by molar-refractivity contribution is 6.31. The maximum atomic E-state index is 12.2. The molecule has 0 spiro atoms. The summed E-state index contributed by atoms with van der Waals surface area (Å²) >= 11 is 6.03. The summed E-state index contributed by atoms with van der Waals surface area (Å²) in [6.45, 7) is 2.50. The molecule has 2 rings (SSSR count). The average Bonchev–Trinajstić information content (AvgIpc) is 2.54. The van der Waals surface area contributed by atoms with Gasteiger partial charge in [-0.3, -0.25) is 9.69 Å². The smallest absolute Gasteiger partial charge is 0.223 e. The van der Waals surface area contributed by atoms with Crippen LogP contribution in [-0.4, -0.2) is 42.1 Å². The molecule has 1 fully saturated rings. The number of rotatable bonds is 5. The largest absolute Gasteiger partial charge is 0.387 e. The van der Waals surface area contributed by atoms with Crippen molar-refractivity contribution in [2.75, 3.05) is 26.2 Å². The highest BCUT2D eigenvalue weighted by Gasteiger charge is 2.25. The number of carbonyl (C=O) groups excluding carboxylic acids is 1. The number of hydrogen-bond acceptors (Lipinski definition) is 3. The summed E-state index contributed by atoms with van der Waals surface area (Å²) in [7, 11) is 0. The number of hydrogen-bond donors (Lipinski definition) is 2. The molecule has 0 aromatic heterocycles. The minimum Gasteiger partial charge on any atom is -0.387 e. The molecule has 0 aliphatic carbocycles. The van der Waals surface area contributed by atoms with Crippen LogP contribution in [0.1, 0.15) is 24.5 Å². The number of terminal acetylenes is 1. The minimum absolute atomic E-state index is 0.00697. The average molecular weight is 321 g/mol.